The Hall–Kier alpha value is -1.51. The van der Waals surface area contributed by atoms with E-state index in [1.807, 2.05) is 6.07 Å². The molecular formula is C18H25NO2. The zero-order valence-corrected chi connectivity index (χ0v) is 13.4. The van der Waals surface area contributed by atoms with Crippen LogP contribution in [-0.4, -0.2) is 11.9 Å². The van der Waals surface area contributed by atoms with Crippen molar-refractivity contribution >= 4 is 11.5 Å². The maximum Gasteiger partial charge on any atom is 0.161 e. The molecule has 2 bridgehead atoms. The summed E-state index contributed by atoms with van der Waals surface area (Å²) in [6, 6.07) is 5.43. The number of anilines is 1. The Bertz CT molecular complexity index is 593. The second kappa shape index (κ2) is 4.49. The number of ketones is 1. The monoisotopic (exact) mass is 287 g/mol. The van der Waals surface area contributed by atoms with E-state index in [4.69, 9.17) is 10.5 Å². The highest BCUT2D eigenvalue weighted by atomic mass is 16.5. The summed E-state index contributed by atoms with van der Waals surface area (Å²) >= 11 is 0. The topological polar surface area (TPSA) is 52.3 Å². The van der Waals surface area contributed by atoms with E-state index in [9.17, 15) is 4.79 Å². The molecule has 1 aromatic rings. The van der Waals surface area contributed by atoms with Crippen LogP contribution in [0.25, 0.3) is 0 Å². The van der Waals surface area contributed by atoms with Gasteiger partial charge in [-0.15, -0.1) is 0 Å². The maximum absolute atomic E-state index is 11.4. The van der Waals surface area contributed by atoms with Crippen molar-refractivity contribution in [1.29, 1.82) is 0 Å². The smallest absolute Gasteiger partial charge is 0.161 e. The van der Waals surface area contributed by atoms with Gasteiger partial charge in [0.2, 0.25) is 0 Å². The van der Waals surface area contributed by atoms with Crippen LogP contribution in [0.4, 0.5) is 5.69 Å². The van der Waals surface area contributed by atoms with Crippen LogP contribution < -0.4 is 10.5 Å². The number of carbonyl (C=O) groups is 1. The van der Waals surface area contributed by atoms with E-state index in [1.54, 1.807) is 12.1 Å². The molecule has 0 amide bonds. The molecule has 2 aliphatic carbocycles. The van der Waals surface area contributed by atoms with Crippen molar-refractivity contribution in [3.8, 4) is 5.75 Å². The maximum atomic E-state index is 11.4. The van der Waals surface area contributed by atoms with Crippen molar-refractivity contribution < 1.29 is 9.53 Å². The van der Waals surface area contributed by atoms with Crippen LogP contribution in [0.15, 0.2) is 18.2 Å². The molecule has 1 aromatic carbocycles. The molecule has 0 spiro atoms. The van der Waals surface area contributed by atoms with Crippen LogP contribution in [0.1, 0.15) is 57.3 Å². The van der Waals surface area contributed by atoms with Crippen LogP contribution in [-0.2, 0) is 0 Å². The fraction of sp³-hybridized carbons (Fsp3) is 0.611. The number of benzene rings is 1. The number of Topliss-reactive ketones (excluding diaryl/α,β-unsaturated/α-hetero) is 1. The fourth-order valence-corrected chi connectivity index (χ4v) is 4.41. The molecule has 0 heterocycles. The van der Waals surface area contributed by atoms with Crippen LogP contribution in [0, 0.1) is 16.7 Å². The van der Waals surface area contributed by atoms with E-state index in [-0.39, 0.29) is 17.3 Å². The molecule has 0 aromatic heterocycles. The normalized spacial score (nSPS) is 33.1. The van der Waals surface area contributed by atoms with Gasteiger partial charge < -0.3 is 10.5 Å². The second-order valence-electron chi connectivity index (χ2n) is 7.52. The van der Waals surface area contributed by atoms with Gasteiger partial charge in [-0.1, -0.05) is 20.8 Å². The minimum absolute atomic E-state index is 0.00734. The van der Waals surface area contributed by atoms with Gasteiger partial charge in [0.05, 0.1) is 0 Å². The van der Waals surface area contributed by atoms with Crippen LogP contribution >= 0.6 is 0 Å². The average molecular weight is 287 g/mol. The fourth-order valence-electron chi connectivity index (χ4n) is 4.41. The summed E-state index contributed by atoms with van der Waals surface area (Å²) in [5.41, 5.74) is 7.60. The second-order valence-corrected chi connectivity index (χ2v) is 7.52. The van der Waals surface area contributed by atoms with E-state index in [2.05, 4.69) is 20.8 Å². The quantitative estimate of drug-likeness (QED) is 0.673. The first-order valence-corrected chi connectivity index (χ1v) is 7.83. The standard InChI is InChI=1S/C18H25NO2/c1-11(20)14-6-5-13(10-15(14)19)21-16-9-12-7-8-18(16,4)17(12,2)3/h5-6,10,12,16H,7-9,19H2,1-4H3. The summed E-state index contributed by atoms with van der Waals surface area (Å²) < 4.78 is 6.27. The molecular weight excluding hydrogens is 262 g/mol. The predicted molar refractivity (Wildman–Crippen MR) is 84.5 cm³/mol. The lowest BCUT2D eigenvalue weighted by molar-refractivity contribution is 0.0302. The first-order chi connectivity index (χ1) is 9.75. The number of fused-ring (bicyclic) bond motifs is 2. The molecule has 3 unspecified atom stereocenters. The zero-order valence-electron chi connectivity index (χ0n) is 13.4. The highest BCUT2D eigenvalue weighted by molar-refractivity contribution is 5.99. The van der Waals surface area contributed by atoms with Gasteiger partial charge in [0.1, 0.15) is 11.9 Å². The molecule has 2 aliphatic rings. The van der Waals surface area contributed by atoms with Gasteiger partial charge in [0, 0.05) is 22.7 Å². The van der Waals surface area contributed by atoms with Crippen LogP contribution in [0.3, 0.4) is 0 Å². The third-order valence-electron chi connectivity index (χ3n) is 6.39. The molecule has 2 N–H and O–H groups in total. The van der Waals surface area contributed by atoms with Crippen LogP contribution in [0.5, 0.6) is 5.75 Å². The highest BCUT2D eigenvalue weighted by Crippen LogP contribution is 2.66. The molecule has 3 heteroatoms. The van der Waals surface area contributed by atoms with Gasteiger partial charge in [-0.3, -0.25) is 4.79 Å². The Kier molecular flexibility index (Phi) is 3.09. The van der Waals surface area contributed by atoms with Crippen molar-refractivity contribution in [2.24, 2.45) is 16.7 Å². The molecule has 0 saturated heterocycles. The number of rotatable bonds is 3. The molecule has 3 rings (SSSR count). The molecule has 0 radical (unpaired) electrons. The molecule has 2 saturated carbocycles. The third kappa shape index (κ3) is 1.97. The summed E-state index contributed by atoms with van der Waals surface area (Å²) in [6.45, 7) is 8.64. The summed E-state index contributed by atoms with van der Waals surface area (Å²) in [6.07, 6.45) is 3.91. The Balaban J connectivity index is 1.83. The van der Waals surface area contributed by atoms with E-state index in [0.717, 1.165) is 18.1 Å². The Morgan fingerprint density at radius 2 is 2.05 bits per heavy atom. The summed E-state index contributed by atoms with van der Waals surface area (Å²) in [4.78, 5) is 11.4. The SMILES string of the molecule is CC(=O)c1ccc(OC2CC3CCC2(C)C3(C)C)cc1N. The van der Waals surface area contributed by atoms with Gasteiger partial charge in [0.25, 0.3) is 0 Å². The largest absolute Gasteiger partial charge is 0.490 e. The van der Waals surface area contributed by atoms with E-state index >= 15 is 0 Å². The highest BCUT2D eigenvalue weighted by Gasteiger charge is 2.62. The molecule has 0 aliphatic heterocycles. The molecule has 21 heavy (non-hydrogen) atoms. The van der Waals surface area contributed by atoms with Crippen molar-refractivity contribution in [2.45, 2.75) is 53.1 Å². The lowest BCUT2D eigenvalue weighted by Gasteiger charge is -2.38. The third-order valence-corrected chi connectivity index (χ3v) is 6.39. The van der Waals surface area contributed by atoms with Crippen LogP contribution in [0.2, 0.25) is 0 Å². The van der Waals surface area contributed by atoms with E-state index < -0.39 is 0 Å². The van der Waals surface area contributed by atoms with Gasteiger partial charge in [-0.05, 0) is 49.7 Å². The Labute approximate surface area is 126 Å². The van der Waals surface area contributed by atoms with Crippen molar-refractivity contribution in [2.75, 3.05) is 5.73 Å². The summed E-state index contributed by atoms with van der Waals surface area (Å²) in [5, 5.41) is 0. The first-order valence-electron chi connectivity index (χ1n) is 7.83. The van der Waals surface area contributed by atoms with Gasteiger partial charge in [-0.2, -0.15) is 0 Å². The lowest BCUT2D eigenvalue weighted by atomic mass is 9.70. The van der Waals surface area contributed by atoms with E-state index in [1.165, 1.54) is 19.8 Å². The number of carbonyl (C=O) groups excluding carboxylic acids is 1. The number of hydrogen-bond acceptors (Lipinski definition) is 3. The molecule has 3 nitrogen and oxygen atoms in total. The van der Waals surface area contributed by atoms with Gasteiger partial charge >= 0.3 is 0 Å². The molecule has 114 valence electrons. The van der Waals surface area contributed by atoms with E-state index in [0.29, 0.717) is 16.7 Å². The zero-order chi connectivity index (χ0) is 15.4. The summed E-state index contributed by atoms with van der Waals surface area (Å²) in [7, 11) is 0. The molecule has 3 atom stereocenters. The predicted octanol–water partition coefficient (Wildman–Crippen LogP) is 4.07. The van der Waals surface area contributed by atoms with Crippen molar-refractivity contribution in [1.82, 2.24) is 0 Å². The average Bonchev–Trinajstić information content (AvgIpc) is 2.71. The van der Waals surface area contributed by atoms with Gasteiger partial charge in [-0.25, -0.2) is 0 Å². The summed E-state index contributed by atoms with van der Waals surface area (Å²) in [5.74, 6) is 1.53. The number of ether oxygens (including phenoxy) is 1. The Morgan fingerprint density at radius 1 is 1.33 bits per heavy atom. The molecule has 2 fully saturated rings. The van der Waals surface area contributed by atoms with Crippen molar-refractivity contribution in [3.05, 3.63) is 23.8 Å². The minimum atomic E-state index is -0.00734. The number of nitrogen functional groups attached to an aromatic ring is 1. The van der Waals surface area contributed by atoms with Gasteiger partial charge in [0.15, 0.2) is 5.78 Å². The number of hydrogen-bond donors (Lipinski definition) is 1. The Morgan fingerprint density at radius 3 is 2.52 bits per heavy atom. The van der Waals surface area contributed by atoms with Crippen molar-refractivity contribution in [3.63, 3.8) is 0 Å². The number of nitrogens with two attached hydrogens (primary N) is 1. The minimum Gasteiger partial charge on any atom is -0.490 e. The first kappa shape index (κ1) is 14.4. The lowest BCUT2D eigenvalue weighted by Crippen LogP contribution is -2.38.